The van der Waals surface area contributed by atoms with Gasteiger partial charge >= 0.3 is 0 Å². The lowest BCUT2D eigenvalue weighted by Gasteiger charge is -2.11. The van der Waals surface area contributed by atoms with Crippen molar-refractivity contribution >= 4 is 0 Å². The van der Waals surface area contributed by atoms with E-state index in [4.69, 9.17) is 0 Å². The lowest BCUT2D eigenvalue weighted by molar-refractivity contribution is 0.783. The van der Waals surface area contributed by atoms with E-state index >= 15 is 0 Å². The third-order valence-corrected chi connectivity index (χ3v) is 2.36. The minimum atomic E-state index is 0.823. The number of aromatic nitrogens is 2. The number of aryl methyl sites for hydroxylation is 2. The fourth-order valence-corrected chi connectivity index (χ4v) is 1.56. The molecule has 0 aromatic carbocycles. The Balaban J connectivity index is 2.05. The number of H-pyrrole nitrogens is 1. The van der Waals surface area contributed by atoms with Gasteiger partial charge in [-0.25, -0.2) is 0 Å². The van der Waals surface area contributed by atoms with Crippen LogP contribution in [-0.4, -0.2) is 9.66 Å². The van der Waals surface area contributed by atoms with Crippen molar-refractivity contribution in [2.45, 2.75) is 20.4 Å². The Morgan fingerprint density at radius 1 is 1.21 bits per heavy atom. The van der Waals surface area contributed by atoms with Crippen molar-refractivity contribution in [3.05, 3.63) is 47.5 Å². The van der Waals surface area contributed by atoms with E-state index in [1.807, 2.05) is 12.3 Å². The number of rotatable bonds is 3. The van der Waals surface area contributed by atoms with E-state index in [1.165, 1.54) is 17.1 Å². The van der Waals surface area contributed by atoms with Gasteiger partial charge in [-0.15, -0.1) is 0 Å². The molecule has 2 aromatic heterocycles. The van der Waals surface area contributed by atoms with Crippen LogP contribution in [0.4, 0.5) is 0 Å². The zero-order valence-corrected chi connectivity index (χ0v) is 8.54. The molecule has 14 heavy (non-hydrogen) atoms. The molecule has 2 heterocycles. The second-order valence-electron chi connectivity index (χ2n) is 3.48. The van der Waals surface area contributed by atoms with Crippen molar-refractivity contribution in [1.82, 2.24) is 9.66 Å². The molecule has 0 saturated heterocycles. The lowest BCUT2D eigenvalue weighted by Crippen LogP contribution is -2.16. The summed E-state index contributed by atoms with van der Waals surface area (Å²) in [5.74, 6) is 0. The Kier molecular flexibility index (Phi) is 2.31. The maximum absolute atomic E-state index is 3.35. The van der Waals surface area contributed by atoms with Gasteiger partial charge in [-0.05, 0) is 38.1 Å². The van der Waals surface area contributed by atoms with Gasteiger partial charge in [0.25, 0.3) is 0 Å². The molecule has 0 spiro atoms. The molecular formula is C11H15N3. The molecule has 0 bridgehead atoms. The molecule has 0 unspecified atom stereocenters. The van der Waals surface area contributed by atoms with Gasteiger partial charge in [0.05, 0.1) is 6.54 Å². The van der Waals surface area contributed by atoms with Crippen molar-refractivity contribution in [2.75, 3.05) is 5.43 Å². The highest BCUT2D eigenvalue weighted by atomic mass is 15.4. The van der Waals surface area contributed by atoms with E-state index in [0.717, 1.165) is 6.54 Å². The average molecular weight is 189 g/mol. The van der Waals surface area contributed by atoms with Crippen LogP contribution in [0.3, 0.4) is 0 Å². The summed E-state index contributed by atoms with van der Waals surface area (Å²) in [4.78, 5) is 3.16. The summed E-state index contributed by atoms with van der Waals surface area (Å²) in [5.41, 5.74) is 7.00. The van der Waals surface area contributed by atoms with Crippen molar-refractivity contribution in [1.29, 1.82) is 0 Å². The molecule has 2 aromatic rings. The highest BCUT2D eigenvalue weighted by molar-refractivity contribution is 5.16. The molecule has 3 heteroatoms. The molecule has 0 saturated carbocycles. The van der Waals surface area contributed by atoms with Crippen LogP contribution in [0.1, 0.15) is 17.1 Å². The second kappa shape index (κ2) is 3.62. The number of nitrogens with one attached hydrogen (secondary N) is 2. The Bertz CT molecular complexity index is 379. The summed E-state index contributed by atoms with van der Waals surface area (Å²) in [6.07, 6.45) is 1.94. The number of nitrogens with zero attached hydrogens (tertiary/aromatic N) is 1. The highest BCUT2D eigenvalue weighted by Crippen LogP contribution is 2.05. The first-order chi connectivity index (χ1) is 6.77. The van der Waals surface area contributed by atoms with E-state index in [-0.39, 0.29) is 0 Å². The van der Waals surface area contributed by atoms with Gasteiger partial charge in [0.15, 0.2) is 0 Å². The van der Waals surface area contributed by atoms with Crippen LogP contribution in [0.2, 0.25) is 0 Å². The summed E-state index contributed by atoms with van der Waals surface area (Å²) in [6.45, 7) is 5.01. The van der Waals surface area contributed by atoms with Crippen LogP contribution in [0, 0.1) is 13.8 Å². The van der Waals surface area contributed by atoms with Gasteiger partial charge in [-0.2, -0.15) is 0 Å². The van der Waals surface area contributed by atoms with Gasteiger partial charge in [0, 0.05) is 23.3 Å². The largest absolute Gasteiger partial charge is 0.363 e. The minimum absolute atomic E-state index is 0.823. The minimum Gasteiger partial charge on any atom is -0.363 e. The third-order valence-electron chi connectivity index (χ3n) is 2.36. The maximum atomic E-state index is 3.35. The summed E-state index contributed by atoms with van der Waals surface area (Å²) >= 11 is 0. The van der Waals surface area contributed by atoms with Crippen molar-refractivity contribution in [2.24, 2.45) is 0 Å². The van der Waals surface area contributed by atoms with E-state index in [0.29, 0.717) is 0 Å². The van der Waals surface area contributed by atoms with Crippen LogP contribution < -0.4 is 5.43 Å². The molecule has 2 rings (SSSR count). The quantitative estimate of drug-likeness (QED) is 0.762. The van der Waals surface area contributed by atoms with Crippen LogP contribution in [0.25, 0.3) is 0 Å². The Labute approximate surface area is 83.7 Å². The lowest BCUT2D eigenvalue weighted by atomic mass is 10.4. The number of hydrogen-bond acceptors (Lipinski definition) is 1. The first-order valence-corrected chi connectivity index (χ1v) is 4.78. The summed E-state index contributed by atoms with van der Waals surface area (Å²) in [6, 6.07) is 8.29. The van der Waals surface area contributed by atoms with Gasteiger partial charge in [0.2, 0.25) is 0 Å². The van der Waals surface area contributed by atoms with E-state index in [2.05, 4.69) is 47.1 Å². The van der Waals surface area contributed by atoms with Crippen molar-refractivity contribution in [3.8, 4) is 0 Å². The zero-order chi connectivity index (χ0) is 9.97. The average Bonchev–Trinajstić information content (AvgIpc) is 2.76. The van der Waals surface area contributed by atoms with Crippen LogP contribution in [0.5, 0.6) is 0 Å². The molecule has 0 aliphatic heterocycles. The molecule has 0 fully saturated rings. The maximum Gasteiger partial charge on any atom is 0.0714 e. The molecule has 0 aliphatic rings. The van der Waals surface area contributed by atoms with Crippen molar-refractivity contribution in [3.63, 3.8) is 0 Å². The predicted molar refractivity (Wildman–Crippen MR) is 57.8 cm³/mol. The smallest absolute Gasteiger partial charge is 0.0714 e. The first-order valence-electron chi connectivity index (χ1n) is 4.78. The van der Waals surface area contributed by atoms with Crippen LogP contribution in [0.15, 0.2) is 30.5 Å². The van der Waals surface area contributed by atoms with Gasteiger partial charge < -0.3 is 10.4 Å². The second-order valence-corrected chi connectivity index (χ2v) is 3.48. The third kappa shape index (κ3) is 1.66. The Hall–Kier alpha value is -1.64. The molecule has 0 atom stereocenters. The molecule has 0 amide bonds. The van der Waals surface area contributed by atoms with Crippen LogP contribution in [-0.2, 0) is 6.54 Å². The SMILES string of the molecule is Cc1ccc(C)n1NCc1ccc[nH]1. The summed E-state index contributed by atoms with van der Waals surface area (Å²) < 4.78 is 2.10. The van der Waals surface area contributed by atoms with E-state index in [9.17, 15) is 0 Å². The molecular weight excluding hydrogens is 174 g/mol. The number of aromatic amines is 1. The standard InChI is InChI=1S/C11H15N3/c1-9-5-6-10(2)14(9)13-8-11-4-3-7-12-11/h3-7,12-13H,8H2,1-2H3. The van der Waals surface area contributed by atoms with Crippen molar-refractivity contribution < 1.29 is 0 Å². The van der Waals surface area contributed by atoms with E-state index in [1.54, 1.807) is 0 Å². The Morgan fingerprint density at radius 3 is 2.50 bits per heavy atom. The van der Waals surface area contributed by atoms with Crippen LogP contribution >= 0.6 is 0 Å². The Morgan fingerprint density at radius 2 is 1.93 bits per heavy atom. The molecule has 0 aliphatic carbocycles. The summed E-state index contributed by atoms with van der Waals surface area (Å²) in [7, 11) is 0. The molecule has 0 radical (unpaired) electrons. The topological polar surface area (TPSA) is 32.8 Å². The van der Waals surface area contributed by atoms with Gasteiger partial charge in [0.1, 0.15) is 0 Å². The fraction of sp³-hybridized carbons (Fsp3) is 0.273. The molecule has 2 N–H and O–H groups in total. The predicted octanol–water partition coefficient (Wildman–Crippen LogP) is 2.18. The normalized spacial score (nSPS) is 10.4. The van der Waals surface area contributed by atoms with Gasteiger partial charge in [-0.1, -0.05) is 0 Å². The number of hydrogen-bond donors (Lipinski definition) is 2. The fourth-order valence-electron chi connectivity index (χ4n) is 1.56. The highest BCUT2D eigenvalue weighted by Gasteiger charge is 1.99. The monoisotopic (exact) mass is 189 g/mol. The van der Waals surface area contributed by atoms with Gasteiger partial charge in [-0.3, -0.25) is 4.68 Å². The molecule has 74 valence electrons. The zero-order valence-electron chi connectivity index (χ0n) is 8.54. The summed E-state index contributed by atoms with van der Waals surface area (Å²) in [5, 5.41) is 0. The van der Waals surface area contributed by atoms with E-state index < -0.39 is 0 Å². The first kappa shape index (κ1) is 8.94. The molecule has 3 nitrogen and oxygen atoms in total.